The predicted molar refractivity (Wildman–Crippen MR) is 69.5 cm³/mol. The maximum atomic E-state index is 12.0. The van der Waals surface area contributed by atoms with Crippen molar-refractivity contribution in [1.29, 1.82) is 0 Å². The van der Waals surface area contributed by atoms with Gasteiger partial charge in [-0.2, -0.15) is 0 Å². The number of carboxylic acids is 1. The first-order valence-electron chi connectivity index (χ1n) is 6.80. The van der Waals surface area contributed by atoms with Crippen LogP contribution in [0, 0.1) is 5.92 Å². The maximum absolute atomic E-state index is 12.0. The van der Waals surface area contributed by atoms with Gasteiger partial charge < -0.3 is 15.3 Å². The molecule has 5 heteroatoms. The van der Waals surface area contributed by atoms with Crippen LogP contribution in [0.25, 0.3) is 0 Å². The summed E-state index contributed by atoms with van der Waals surface area (Å²) in [5, 5.41) is 11.5. The Morgan fingerprint density at radius 2 is 2.11 bits per heavy atom. The highest BCUT2D eigenvalue weighted by molar-refractivity contribution is 5.75. The number of carbonyl (C=O) groups excluding carboxylic acids is 1. The van der Waals surface area contributed by atoms with Crippen LogP contribution in [0.1, 0.15) is 46.0 Å². The van der Waals surface area contributed by atoms with Crippen LogP contribution in [-0.2, 0) is 4.79 Å². The lowest BCUT2D eigenvalue weighted by atomic mass is 10.1. The molecule has 0 bridgehead atoms. The maximum Gasteiger partial charge on any atom is 0.317 e. The molecule has 0 aliphatic heterocycles. The average Bonchev–Trinajstić information content (AvgIpc) is 3.10. The van der Waals surface area contributed by atoms with Gasteiger partial charge in [0.05, 0.1) is 0 Å². The van der Waals surface area contributed by atoms with Crippen molar-refractivity contribution in [3.05, 3.63) is 0 Å². The molecule has 1 saturated carbocycles. The Labute approximate surface area is 109 Å². The van der Waals surface area contributed by atoms with Gasteiger partial charge in [0.1, 0.15) is 0 Å². The summed E-state index contributed by atoms with van der Waals surface area (Å²) >= 11 is 0. The fraction of sp³-hybridized carbons (Fsp3) is 0.846. The first-order chi connectivity index (χ1) is 8.54. The number of urea groups is 1. The summed E-state index contributed by atoms with van der Waals surface area (Å²) in [7, 11) is 0. The van der Waals surface area contributed by atoms with Crippen LogP contribution in [0.3, 0.4) is 0 Å². The minimum Gasteiger partial charge on any atom is -0.481 e. The Morgan fingerprint density at radius 3 is 2.61 bits per heavy atom. The van der Waals surface area contributed by atoms with Gasteiger partial charge in [0.25, 0.3) is 0 Å². The molecule has 0 aromatic rings. The molecule has 0 spiro atoms. The van der Waals surface area contributed by atoms with E-state index < -0.39 is 5.97 Å². The van der Waals surface area contributed by atoms with Crippen molar-refractivity contribution in [2.75, 3.05) is 13.1 Å². The highest BCUT2D eigenvalue weighted by Gasteiger charge is 2.31. The number of unbranched alkanes of at least 4 members (excludes halogenated alkanes) is 1. The van der Waals surface area contributed by atoms with E-state index in [2.05, 4.69) is 12.2 Å². The van der Waals surface area contributed by atoms with E-state index in [4.69, 9.17) is 5.11 Å². The van der Waals surface area contributed by atoms with Crippen LogP contribution in [0.5, 0.6) is 0 Å². The molecule has 18 heavy (non-hydrogen) atoms. The van der Waals surface area contributed by atoms with Crippen molar-refractivity contribution >= 4 is 12.0 Å². The van der Waals surface area contributed by atoms with Crippen molar-refractivity contribution in [1.82, 2.24) is 10.2 Å². The van der Waals surface area contributed by atoms with Crippen LogP contribution < -0.4 is 5.32 Å². The van der Waals surface area contributed by atoms with E-state index in [0.717, 1.165) is 32.2 Å². The molecular formula is C13H24N2O3. The Kier molecular flexibility index (Phi) is 5.95. The zero-order valence-corrected chi connectivity index (χ0v) is 11.3. The number of nitrogens with one attached hydrogen (secondary N) is 1. The zero-order valence-electron chi connectivity index (χ0n) is 11.3. The topological polar surface area (TPSA) is 69.6 Å². The van der Waals surface area contributed by atoms with E-state index in [9.17, 15) is 9.59 Å². The summed E-state index contributed by atoms with van der Waals surface area (Å²) in [6.45, 7) is 5.18. The van der Waals surface area contributed by atoms with E-state index in [1.165, 1.54) is 0 Å². The Balaban J connectivity index is 2.30. The van der Waals surface area contributed by atoms with E-state index >= 15 is 0 Å². The quantitative estimate of drug-likeness (QED) is 0.698. The number of carboxylic acid groups (broad SMARTS) is 1. The third-order valence-corrected chi connectivity index (χ3v) is 3.13. The van der Waals surface area contributed by atoms with Crippen molar-refractivity contribution in [2.24, 2.45) is 5.92 Å². The van der Waals surface area contributed by atoms with Gasteiger partial charge in [-0.3, -0.25) is 4.79 Å². The average molecular weight is 256 g/mol. The van der Waals surface area contributed by atoms with Gasteiger partial charge in [-0.1, -0.05) is 20.3 Å². The second-order valence-electron chi connectivity index (χ2n) is 5.17. The highest BCUT2D eigenvalue weighted by Crippen LogP contribution is 2.27. The van der Waals surface area contributed by atoms with Gasteiger partial charge in [0.2, 0.25) is 0 Å². The van der Waals surface area contributed by atoms with E-state index in [1.54, 1.807) is 0 Å². The molecule has 0 saturated heterocycles. The molecule has 0 heterocycles. The SMILES string of the molecule is CCCCN(C(=O)NCC(C)CC(=O)O)C1CC1. The van der Waals surface area contributed by atoms with E-state index in [0.29, 0.717) is 12.6 Å². The summed E-state index contributed by atoms with van der Waals surface area (Å²) in [6, 6.07) is 0.370. The van der Waals surface area contributed by atoms with Crippen molar-refractivity contribution in [3.63, 3.8) is 0 Å². The second kappa shape index (κ2) is 7.24. The fourth-order valence-electron chi connectivity index (χ4n) is 1.90. The number of hydrogen-bond donors (Lipinski definition) is 2. The van der Waals surface area contributed by atoms with Crippen molar-refractivity contribution in [3.8, 4) is 0 Å². The number of amides is 2. The normalized spacial score (nSPS) is 16.1. The lowest BCUT2D eigenvalue weighted by Crippen LogP contribution is -2.43. The van der Waals surface area contributed by atoms with E-state index in [-0.39, 0.29) is 18.4 Å². The predicted octanol–water partition coefficient (Wildman–Crippen LogP) is 2.07. The molecule has 1 rings (SSSR count). The first kappa shape index (κ1) is 14.8. The van der Waals surface area contributed by atoms with Gasteiger partial charge in [0, 0.05) is 25.6 Å². The minimum atomic E-state index is -0.818. The van der Waals surface area contributed by atoms with Crippen LogP contribution >= 0.6 is 0 Å². The van der Waals surface area contributed by atoms with Gasteiger partial charge in [0.15, 0.2) is 0 Å². The molecule has 1 unspecified atom stereocenters. The van der Waals surface area contributed by atoms with Crippen molar-refractivity contribution in [2.45, 2.75) is 52.0 Å². The molecule has 1 aliphatic carbocycles. The fourth-order valence-corrected chi connectivity index (χ4v) is 1.90. The van der Waals surface area contributed by atoms with Crippen LogP contribution in [0.4, 0.5) is 4.79 Å². The number of aliphatic carboxylic acids is 1. The van der Waals surface area contributed by atoms with Crippen LogP contribution in [0.2, 0.25) is 0 Å². The smallest absolute Gasteiger partial charge is 0.317 e. The van der Waals surface area contributed by atoms with Crippen molar-refractivity contribution < 1.29 is 14.7 Å². The third-order valence-electron chi connectivity index (χ3n) is 3.13. The summed E-state index contributed by atoms with van der Waals surface area (Å²) < 4.78 is 0. The number of hydrogen-bond acceptors (Lipinski definition) is 2. The minimum absolute atomic E-state index is 0.0290. The lowest BCUT2D eigenvalue weighted by Gasteiger charge is -2.23. The molecule has 0 radical (unpaired) electrons. The second-order valence-corrected chi connectivity index (χ2v) is 5.17. The van der Waals surface area contributed by atoms with Gasteiger partial charge >= 0.3 is 12.0 Å². The molecule has 2 N–H and O–H groups in total. The molecule has 1 atom stereocenters. The summed E-state index contributed by atoms with van der Waals surface area (Å²) in [6.07, 6.45) is 4.39. The number of rotatable bonds is 8. The third kappa shape index (κ3) is 5.38. The standard InChI is InChI=1S/C13H24N2O3/c1-3-4-7-15(11-5-6-11)13(18)14-9-10(2)8-12(16)17/h10-11H,3-9H2,1-2H3,(H,14,18)(H,16,17). The Morgan fingerprint density at radius 1 is 1.44 bits per heavy atom. The largest absolute Gasteiger partial charge is 0.481 e. The Hall–Kier alpha value is -1.26. The molecule has 5 nitrogen and oxygen atoms in total. The summed E-state index contributed by atoms with van der Waals surface area (Å²) in [5.74, 6) is -0.847. The highest BCUT2D eigenvalue weighted by atomic mass is 16.4. The first-order valence-corrected chi connectivity index (χ1v) is 6.80. The van der Waals surface area contributed by atoms with Gasteiger partial charge in [-0.25, -0.2) is 4.79 Å². The summed E-state index contributed by atoms with van der Waals surface area (Å²) in [5.41, 5.74) is 0. The molecule has 1 fully saturated rings. The van der Waals surface area contributed by atoms with Gasteiger partial charge in [-0.05, 0) is 25.2 Å². The molecule has 1 aliphatic rings. The molecule has 0 aromatic heterocycles. The molecule has 104 valence electrons. The summed E-state index contributed by atoms with van der Waals surface area (Å²) in [4.78, 5) is 24.4. The zero-order chi connectivity index (χ0) is 13.5. The number of carbonyl (C=O) groups is 2. The number of nitrogens with zero attached hydrogens (tertiary/aromatic N) is 1. The van der Waals surface area contributed by atoms with Crippen LogP contribution in [-0.4, -0.2) is 41.1 Å². The molecule has 0 aromatic carbocycles. The molecular weight excluding hydrogens is 232 g/mol. The Bertz CT molecular complexity index is 290. The monoisotopic (exact) mass is 256 g/mol. The van der Waals surface area contributed by atoms with Gasteiger partial charge in [-0.15, -0.1) is 0 Å². The van der Waals surface area contributed by atoms with E-state index in [1.807, 2.05) is 11.8 Å². The molecule has 2 amide bonds. The van der Waals surface area contributed by atoms with Crippen LogP contribution in [0.15, 0.2) is 0 Å². The lowest BCUT2D eigenvalue weighted by molar-refractivity contribution is -0.137.